The van der Waals surface area contributed by atoms with E-state index in [4.69, 9.17) is 5.11 Å². The highest BCUT2D eigenvalue weighted by Gasteiger charge is 2.12. The van der Waals surface area contributed by atoms with Crippen molar-refractivity contribution in [1.82, 2.24) is 4.98 Å². The van der Waals surface area contributed by atoms with Crippen LogP contribution >= 0.6 is 0 Å². The molecule has 7 heteroatoms. The van der Waals surface area contributed by atoms with Gasteiger partial charge in [0.15, 0.2) is 6.29 Å². The van der Waals surface area contributed by atoms with Crippen molar-refractivity contribution in [2.45, 2.75) is 6.42 Å². The van der Waals surface area contributed by atoms with E-state index in [1.807, 2.05) is 0 Å². The van der Waals surface area contributed by atoms with Crippen LogP contribution < -0.4 is 0 Å². The van der Waals surface area contributed by atoms with Gasteiger partial charge in [0.1, 0.15) is 5.69 Å². The molecule has 1 aromatic heterocycles. The second-order valence-corrected chi connectivity index (χ2v) is 2.69. The highest BCUT2D eigenvalue weighted by molar-refractivity contribution is 5.74. The van der Waals surface area contributed by atoms with E-state index in [1.165, 1.54) is 0 Å². The van der Waals surface area contributed by atoms with Crippen LogP contribution in [0.3, 0.4) is 0 Å². The third-order valence-electron chi connectivity index (χ3n) is 1.55. The molecule has 1 rings (SSSR count). The fourth-order valence-corrected chi connectivity index (χ4v) is 1.01. The van der Waals surface area contributed by atoms with Gasteiger partial charge in [-0.1, -0.05) is 0 Å². The number of rotatable bonds is 4. The number of aliphatic carboxylic acids is 1. The van der Waals surface area contributed by atoms with E-state index in [9.17, 15) is 19.7 Å². The van der Waals surface area contributed by atoms with Crippen molar-refractivity contribution in [3.05, 3.63) is 33.6 Å². The van der Waals surface area contributed by atoms with Gasteiger partial charge in [-0.25, -0.2) is 4.98 Å². The number of pyridine rings is 1. The second kappa shape index (κ2) is 4.27. The minimum Gasteiger partial charge on any atom is -0.481 e. The van der Waals surface area contributed by atoms with E-state index in [1.54, 1.807) is 0 Å². The van der Waals surface area contributed by atoms with E-state index in [-0.39, 0.29) is 17.1 Å². The van der Waals surface area contributed by atoms with Crippen molar-refractivity contribution >= 4 is 17.9 Å². The number of aromatic nitrogens is 1. The van der Waals surface area contributed by atoms with Crippen LogP contribution in [-0.2, 0) is 11.2 Å². The molecule has 1 aromatic rings. The summed E-state index contributed by atoms with van der Waals surface area (Å²) in [7, 11) is 0. The molecule has 7 nitrogen and oxygen atoms in total. The molecule has 15 heavy (non-hydrogen) atoms. The fraction of sp³-hybridized carbons (Fsp3) is 0.125. The molecule has 0 bridgehead atoms. The molecule has 0 fully saturated rings. The summed E-state index contributed by atoms with van der Waals surface area (Å²) in [6, 6.07) is 2.01. The number of carbonyl (C=O) groups is 2. The van der Waals surface area contributed by atoms with Crippen molar-refractivity contribution in [1.29, 1.82) is 0 Å². The lowest BCUT2D eigenvalue weighted by molar-refractivity contribution is -0.385. The molecule has 0 aromatic carbocycles. The Labute approximate surface area is 83.5 Å². The zero-order valence-corrected chi connectivity index (χ0v) is 7.41. The quantitative estimate of drug-likeness (QED) is 0.438. The molecule has 1 heterocycles. The summed E-state index contributed by atoms with van der Waals surface area (Å²) in [5, 5.41) is 18.9. The second-order valence-electron chi connectivity index (χ2n) is 2.69. The maximum Gasteiger partial charge on any atom is 0.309 e. The molecule has 0 saturated carbocycles. The number of carbonyl (C=O) groups excluding carboxylic acids is 1. The number of carboxylic acid groups (broad SMARTS) is 1. The molecule has 0 aliphatic heterocycles. The summed E-state index contributed by atoms with van der Waals surface area (Å²) in [6.45, 7) is 0. The van der Waals surface area contributed by atoms with Crippen LogP contribution in [0.1, 0.15) is 16.2 Å². The monoisotopic (exact) mass is 210 g/mol. The van der Waals surface area contributed by atoms with Crippen LogP contribution in [0.5, 0.6) is 0 Å². The first kappa shape index (κ1) is 10.8. The first-order valence-corrected chi connectivity index (χ1v) is 3.85. The lowest BCUT2D eigenvalue weighted by Crippen LogP contribution is -2.05. The lowest BCUT2D eigenvalue weighted by Gasteiger charge is -1.98. The summed E-state index contributed by atoms with van der Waals surface area (Å²) in [6.07, 6.45) is -0.124. The molecule has 1 N–H and O–H groups in total. The topological polar surface area (TPSA) is 110 Å². The van der Waals surface area contributed by atoms with E-state index in [2.05, 4.69) is 4.98 Å². The molecule has 0 unspecified atom stereocenters. The van der Waals surface area contributed by atoms with Crippen LogP contribution in [-0.4, -0.2) is 27.3 Å². The number of carboxylic acids is 1. The number of nitrogens with zero attached hydrogens (tertiary/aromatic N) is 2. The maximum absolute atomic E-state index is 10.4. The van der Waals surface area contributed by atoms with E-state index in [0.29, 0.717) is 6.29 Å². The molecule has 0 radical (unpaired) electrons. The van der Waals surface area contributed by atoms with Crippen LogP contribution in [0.4, 0.5) is 5.69 Å². The molecule has 0 amide bonds. The maximum atomic E-state index is 10.4. The number of hydrogen-bond donors (Lipinski definition) is 1. The Kier molecular flexibility index (Phi) is 3.06. The van der Waals surface area contributed by atoms with Crippen LogP contribution in [0, 0.1) is 10.1 Å². The lowest BCUT2D eigenvalue weighted by atomic mass is 10.2. The molecule has 0 aliphatic rings. The number of nitro groups is 1. The van der Waals surface area contributed by atoms with Crippen LogP contribution in [0.25, 0.3) is 0 Å². The van der Waals surface area contributed by atoms with Gasteiger partial charge in [0.05, 0.1) is 17.0 Å². The zero-order valence-electron chi connectivity index (χ0n) is 7.41. The Morgan fingerprint density at radius 1 is 1.60 bits per heavy atom. The number of aldehydes is 1. The average molecular weight is 210 g/mol. The van der Waals surface area contributed by atoms with Crippen molar-refractivity contribution in [2.24, 2.45) is 0 Å². The van der Waals surface area contributed by atoms with E-state index in [0.717, 1.165) is 12.1 Å². The fourth-order valence-electron chi connectivity index (χ4n) is 1.01. The summed E-state index contributed by atoms with van der Waals surface area (Å²) in [4.78, 5) is 34.1. The van der Waals surface area contributed by atoms with Crippen LogP contribution in [0.2, 0.25) is 0 Å². The standard InChI is InChI=1S/C8H6N2O5/c11-4-6-2-7(10(14)15)1-5(9-6)3-8(12)13/h1-2,4H,3H2,(H,12,13). The van der Waals surface area contributed by atoms with Gasteiger partial charge in [0, 0.05) is 12.1 Å². The van der Waals surface area contributed by atoms with Gasteiger partial charge in [-0.3, -0.25) is 19.7 Å². The summed E-state index contributed by atoms with van der Waals surface area (Å²) >= 11 is 0. The van der Waals surface area contributed by atoms with Crippen molar-refractivity contribution in [2.75, 3.05) is 0 Å². The Balaban J connectivity index is 3.16. The van der Waals surface area contributed by atoms with Crippen molar-refractivity contribution in [3.63, 3.8) is 0 Å². The minimum absolute atomic E-state index is 0.0150. The van der Waals surface area contributed by atoms with Crippen molar-refractivity contribution in [3.8, 4) is 0 Å². The smallest absolute Gasteiger partial charge is 0.309 e. The summed E-state index contributed by atoms with van der Waals surface area (Å²) < 4.78 is 0. The normalized spacial score (nSPS) is 9.60. The first-order chi connectivity index (χ1) is 7.02. The van der Waals surface area contributed by atoms with Gasteiger partial charge in [0.25, 0.3) is 5.69 Å². The van der Waals surface area contributed by atoms with Gasteiger partial charge in [-0.05, 0) is 0 Å². The largest absolute Gasteiger partial charge is 0.481 e. The Morgan fingerprint density at radius 2 is 2.27 bits per heavy atom. The zero-order chi connectivity index (χ0) is 11.4. The van der Waals surface area contributed by atoms with Gasteiger partial charge < -0.3 is 5.11 Å². The molecule has 0 spiro atoms. The van der Waals surface area contributed by atoms with Crippen molar-refractivity contribution < 1.29 is 19.6 Å². The van der Waals surface area contributed by atoms with Crippen LogP contribution in [0.15, 0.2) is 12.1 Å². The Hall–Kier alpha value is -2.31. The predicted molar refractivity (Wildman–Crippen MR) is 47.6 cm³/mol. The molecule has 0 aliphatic carbocycles. The minimum atomic E-state index is -1.17. The molecule has 78 valence electrons. The van der Waals surface area contributed by atoms with Gasteiger partial charge >= 0.3 is 5.97 Å². The summed E-state index contributed by atoms with van der Waals surface area (Å²) in [5.74, 6) is -1.17. The van der Waals surface area contributed by atoms with E-state index >= 15 is 0 Å². The van der Waals surface area contributed by atoms with E-state index < -0.39 is 17.3 Å². The van der Waals surface area contributed by atoms with Gasteiger partial charge in [-0.2, -0.15) is 0 Å². The number of hydrogen-bond acceptors (Lipinski definition) is 5. The molecule has 0 saturated heterocycles. The average Bonchev–Trinajstić information content (AvgIpc) is 2.16. The Morgan fingerprint density at radius 3 is 2.73 bits per heavy atom. The van der Waals surface area contributed by atoms with Gasteiger partial charge in [-0.15, -0.1) is 0 Å². The first-order valence-electron chi connectivity index (χ1n) is 3.85. The molecular weight excluding hydrogens is 204 g/mol. The molecule has 0 atom stereocenters. The summed E-state index contributed by atoms with van der Waals surface area (Å²) in [5.41, 5.74) is -0.511. The third kappa shape index (κ3) is 2.83. The predicted octanol–water partition coefficient (Wildman–Crippen LogP) is 0.429. The third-order valence-corrected chi connectivity index (χ3v) is 1.55. The SMILES string of the molecule is O=Cc1cc([N+](=O)[O-])cc(CC(=O)O)n1. The molecular formula is C8H6N2O5. The van der Waals surface area contributed by atoms with Gasteiger partial charge in [0.2, 0.25) is 0 Å². The highest BCUT2D eigenvalue weighted by atomic mass is 16.6. The Bertz CT molecular complexity index is 429. The highest BCUT2D eigenvalue weighted by Crippen LogP contribution is 2.13.